The number of para-hydroxylation sites is 2. The molecule has 1 N–H and O–H groups in total. The zero-order chi connectivity index (χ0) is 13.0. The summed E-state index contributed by atoms with van der Waals surface area (Å²) in [6.45, 7) is 1.91. The van der Waals surface area contributed by atoms with E-state index in [1.807, 2.05) is 31.2 Å². The minimum Gasteiger partial charge on any atom is -0.337 e. The van der Waals surface area contributed by atoms with Gasteiger partial charge in [0.05, 0.1) is 23.3 Å². The lowest BCUT2D eigenvalue weighted by Gasteiger charge is -2.10. The molecular formula is C14H13N3O. The van der Waals surface area contributed by atoms with Crippen LogP contribution in [0.3, 0.4) is 0 Å². The van der Waals surface area contributed by atoms with E-state index in [2.05, 4.69) is 21.2 Å². The normalized spacial score (nSPS) is 11.8. The number of nitrogens with zero attached hydrogens (tertiary/aromatic N) is 2. The number of nitrogens with one attached hydrogen (secondary N) is 1. The van der Waals surface area contributed by atoms with Crippen LogP contribution in [0.15, 0.2) is 30.5 Å². The minimum atomic E-state index is -0.293. The molecule has 0 aliphatic carbocycles. The maximum absolute atomic E-state index is 11.9. The van der Waals surface area contributed by atoms with Gasteiger partial charge in [-0.1, -0.05) is 25.0 Å². The van der Waals surface area contributed by atoms with E-state index in [1.165, 1.54) is 6.20 Å². The molecule has 0 fully saturated rings. The minimum absolute atomic E-state index is 0.272. The zero-order valence-electron chi connectivity index (χ0n) is 10.1. The van der Waals surface area contributed by atoms with Crippen LogP contribution in [-0.2, 0) is 0 Å². The van der Waals surface area contributed by atoms with E-state index < -0.39 is 0 Å². The van der Waals surface area contributed by atoms with Gasteiger partial charge in [-0.3, -0.25) is 9.78 Å². The van der Waals surface area contributed by atoms with Crippen LogP contribution in [0.2, 0.25) is 0 Å². The standard InChI is InChI=1S/C14H13N3O/c1-3-10(4-2)16-14(18)13-9-15-11-7-5-6-8-12(11)17-13/h1,5-10H,4H2,2H3,(H,16,18). The van der Waals surface area contributed by atoms with E-state index in [4.69, 9.17) is 6.42 Å². The average Bonchev–Trinajstić information content (AvgIpc) is 2.44. The van der Waals surface area contributed by atoms with Gasteiger partial charge in [0, 0.05) is 0 Å². The average molecular weight is 239 g/mol. The van der Waals surface area contributed by atoms with Crippen molar-refractivity contribution in [1.29, 1.82) is 0 Å². The molecular weight excluding hydrogens is 226 g/mol. The summed E-state index contributed by atoms with van der Waals surface area (Å²) in [5.74, 6) is 2.22. The van der Waals surface area contributed by atoms with Crippen molar-refractivity contribution in [2.75, 3.05) is 0 Å². The van der Waals surface area contributed by atoms with Crippen LogP contribution in [0.25, 0.3) is 11.0 Å². The number of rotatable bonds is 3. The maximum Gasteiger partial charge on any atom is 0.272 e. The van der Waals surface area contributed by atoms with Crippen LogP contribution in [0.1, 0.15) is 23.8 Å². The first kappa shape index (κ1) is 12.1. The molecule has 0 aliphatic rings. The molecule has 0 saturated carbocycles. The van der Waals surface area contributed by atoms with E-state index >= 15 is 0 Å². The largest absolute Gasteiger partial charge is 0.337 e. The Labute approximate surface area is 105 Å². The molecule has 18 heavy (non-hydrogen) atoms. The predicted molar refractivity (Wildman–Crippen MR) is 69.9 cm³/mol. The molecule has 90 valence electrons. The van der Waals surface area contributed by atoms with Crippen LogP contribution in [0.4, 0.5) is 0 Å². The highest BCUT2D eigenvalue weighted by Crippen LogP contribution is 2.08. The summed E-state index contributed by atoms with van der Waals surface area (Å²) < 4.78 is 0. The number of benzene rings is 1. The Bertz CT molecular complexity index is 616. The van der Waals surface area contributed by atoms with Gasteiger partial charge < -0.3 is 5.32 Å². The molecule has 1 amide bonds. The van der Waals surface area contributed by atoms with Crippen LogP contribution < -0.4 is 5.32 Å². The van der Waals surface area contributed by atoms with Gasteiger partial charge in [0.25, 0.3) is 5.91 Å². The summed E-state index contributed by atoms with van der Waals surface area (Å²) >= 11 is 0. The third kappa shape index (κ3) is 2.46. The second kappa shape index (κ2) is 5.28. The molecule has 0 bridgehead atoms. The van der Waals surface area contributed by atoms with Gasteiger partial charge in [-0.15, -0.1) is 6.42 Å². The Kier molecular flexibility index (Phi) is 3.54. The Balaban J connectivity index is 2.26. The summed E-state index contributed by atoms with van der Waals surface area (Å²) in [5, 5.41) is 2.72. The summed E-state index contributed by atoms with van der Waals surface area (Å²) in [7, 11) is 0. The second-order valence-electron chi connectivity index (χ2n) is 3.84. The molecule has 1 unspecified atom stereocenters. The Hall–Kier alpha value is -2.41. The fourth-order valence-corrected chi connectivity index (χ4v) is 1.56. The molecule has 1 atom stereocenters. The summed E-state index contributed by atoms with van der Waals surface area (Å²) in [6.07, 6.45) is 7.44. The fourth-order valence-electron chi connectivity index (χ4n) is 1.56. The van der Waals surface area contributed by atoms with E-state index in [0.29, 0.717) is 11.9 Å². The number of carbonyl (C=O) groups is 1. The third-order valence-electron chi connectivity index (χ3n) is 2.60. The van der Waals surface area contributed by atoms with Gasteiger partial charge >= 0.3 is 0 Å². The smallest absolute Gasteiger partial charge is 0.272 e. The van der Waals surface area contributed by atoms with Crippen LogP contribution in [-0.4, -0.2) is 21.9 Å². The highest BCUT2D eigenvalue weighted by Gasteiger charge is 2.12. The highest BCUT2D eigenvalue weighted by atomic mass is 16.1. The van der Waals surface area contributed by atoms with Crippen LogP contribution in [0, 0.1) is 12.3 Å². The number of carbonyl (C=O) groups excluding carboxylic acids is 1. The number of fused-ring (bicyclic) bond motifs is 1. The lowest BCUT2D eigenvalue weighted by atomic mass is 10.2. The number of terminal acetylenes is 1. The first-order valence-corrected chi connectivity index (χ1v) is 5.73. The summed E-state index contributed by atoms with van der Waals surface area (Å²) in [6, 6.07) is 7.13. The Morgan fingerprint density at radius 1 is 1.44 bits per heavy atom. The Morgan fingerprint density at radius 2 is 2.17 bits per heavy atom. The van der Waals surface area contributed by atoms with Gasteiger partial charge in [-0.2, -0.15) is 0 Å². The molecule has 2 rings (SSSR count). The molecule has 0 aliphatic heterocycles. The quantitative estimate of drug-likeness (QED) is 0.830. The molecule has 1 aromatic carbocycles. The van der Waals surface area contributed by atoms with Crippen molar-refractivity contribution in [3.05, 3.63) is 36.2 Å². The number of amides is 1. The molecule has 2 aromatic rings. The topological polar surface area (TPSA) is 54.9 Å². The van der Waals surface area contributed by atoms with Crippen molar-refractivity contribution in [3.8, 4) is 12.3 Å². The van der Waals surface area contributed by atoms with Gasteiger partial charge in [0.1, 0.15) is 5.69 Å². The lowest BCUT2D eigenvalue weighted by molar-refractivity contribution is 0.0940. The molecule has 0 spiro atoms. The molecule has 1 aromatic heterocycles. The van der Waals surface area contributed by atoms with E-state index in [-0.39, 0.29) is 17.6 Å². The SMILES string of the molecule is C#CC(CC)NC(=O)c1cnc2ccccc2n1. The van der Waals surface area contributed by atoms with Gasteiger partial charge in [0.2, 0.25) is 0 Å². The van der Waals surface area contributed by atoms with Crippen molar-refractivity contribution >= 4 is 16.9 Å². The van der Waals surface area contributed by atoms with Gasteiger partial charge in [-0.05, 0) is 18.6 Å². The van der Waals surface area contributed by atoms with E-state index in [9.17, 15) is 4.79 Å². The number of aromatic nitrogens is 2. The van der Waals surface area contributed by atoms with Gasteiger partial charge in [-0.25, -0.2) is 4.98 Å². The summed E-state index contributed by atoms with van der Waals surface area (Å²) in [4.78, 5) is 20.3. The van der Waals surface area contributed by atoms with Crippen LogP contribution in [0.5, 0.6) is 0 Å². The van der Waals surface area contributed by atoms with E-state index in [0.717, 1.165) is 5.52 Å². The first-order chi connectivity index (χ1) is 8.74. The monoisotopic (exact) mass is 239 g/mol. The van der Waals surface area contributed by atoms with Gasteiger partial charge in [0.15, 0.2) is 0 Å². The molecule has 4 heteroatoms. The summed E-state index contributed by atoms with van der Waals surface area (Å²) in [5.41, 5.74) is 1.74. The number of hydrogen-bond acceptors (Lipinski definition) is 3. The first-order valence-electron chi connectivity index (χ1n) is 5.73. The van der Waals surface area contributed by atoms with Crippen molar-refractivity contribution in [3.63, 3.8) is 0 Å². The molecule has 1 heterocycles. The maximum atomic E-state index is 11.9. The highest BCUT2D eigenvalue weighted by molar-refractivity contribution is 5.94. The molecule has 0 radical (unpaired) electrons. The third-order valence-corrected chi connectivity index (χ3v) is 2.60. The fraction of sp³-hybridized carbons (Fsp3) is 0.214. The van der Waals surface area contributed by atoms with Crippen LogP contribution >= 0.6 is 0 Å². The van der Waals surface area contributed by atoms with E-state index in [1.54, 1.807) is 0 Å². The van der Waals surface area contributed by atoms with Crippen molar-refractivity contribution in [2.45, 2.75) is 19.4 Å². The van der Waals surface area contributed by atoms with Crippen molar-refractivity contribution < 1.29 is 4.79 Å². The molecule has 4 nitrogen and oxygen atoms in total. The van der Waals surface area contributed by atoms with Crippen molar-refractivity contribution in [2.24, 2.45) is 0 Å². The zero-order valence-corrected chi connectivity index (χ0v) is 10.1. The Morgan fingerprint density at radius 3 is 2.83 bits per heavy atom. The molecule has 0 saturated heterocycles. The van der Waals surface area contributed by atoms with Crippen molar-refractivity contribution in [1.82, 2.24) is 15.3 Å². The number of hydrogen-bond donors (Lipinski definition) is 1. The predicted octanol–water partition coefficient (Wildman–Crippen LogP) is 1.77. The second-order valence-corrected chi connectivity index (χ2v) is 3.84. The lowest BCUT2D eigenvalue weighted by Crippen LogP contribution is -2.33.